The predicted octanol–water partition coefficient (Wildman–Crippen LogP) is 0.590. The van der Waals surface area contributed by atoms with Crippen molar-refractivity contribution in [2.24, 2.45) is 0 Å². The molecule has 0 radical (unpaired) electrons. The molecule has 1 heterocycles. The molecular weight excluding hydrogens is 390 g/mol. The Labute approximate surface area is 174 Å². The highest BCUT2D eigenvalue weighted by Gasteiger charge is 2.53. The normalized spacial score (nSPS) is 28.8. The van der Waals surface area contributed by atoms with Crippen LogP contribution in [0.1, 0.15) is 22.8 Å². The molecule has 2 aromatic rings. The van der Waals surface area contributed by atoms with Crippen LogP contribution in [-0.2, 0) is 4.74 Å². The number of nitrogens with one attached hydrogen (secondary N) is 1. The van der Waals surface area contributed by atoms with Crippen LogP contribution in [0.4, 0.5) is 0 Å². The minimum absolute atomic E-state index is 0.176. The second-order valence-electron chi connectivity index (χ2n) is 7.60. The average molecular weight is 417 g/mol. The van der Waals surface area contributed by atoms with Gasteiger partial charge >= 0.3 is 0 Å². The molecule has 0 spiro atoms. The van der Waals surface area contributed by atoms with E-state index in [-0.39, 0.29) is 5.91 Å². The van der Waals surface area contributed by atoms with Gasteiger partial charge in [0.25, 0.3) is 5.91 Å². The van der Waals surface area contributed by atoms with Gasteiger partial charge in [-0.15, -0.1) is 0 Å². The average Bonchev–Trinajstić information content (AvgIpc) is 2.75. The maximum Gasteiger partial charge on any atom is 0.251 e. The van der Waals surface area contributed by atoms with Crippen molar-refractivity contribution in [3.8, 4) is 16.9 Å². The van der Waals surface area contributed by atoms with Crippen molar-refractivity contribution in [1.29, 1.82) is 0 Å². The molecule has 5 N–H and O–H groups in total. The monoisotopic (exact) mass is 417 g/mol. The van der Waals surface area contributed by atoms with E-state index in [2.05, 4.69) is 5.32 Å². The first kappa shape index (κ1) is 22.2. The van der Waals surface area contributed by atoms with E-state index < -0.39 is 36.8 Å². The lowest BCUT2D eigenvalue weighted by molar-refractivity contribution is -0.308. The summed E-state index contributed by atoms with van der Waals surface area (Å²) in [5.74, 6) is 0.235. The Morgan fingerprint density at radius 1 is 1.17 bits per heavy atom. The number of rotatable bonds is 5. The van der Waals surface area contributed by atoms with Crippen LogP contribution in [-0.4, -0.2) is 70.2 Å². The standard InChI is InChI=1S/C22H27NO7/c1-12-9-14(13-5-4-6-15(10-13)20(27)23-3)7-8-16(12)29-21-19(26)22(2,28)18(25)17(11-24)30-21/h4-10,17-19,21,24-26,28H,11H2,1-3H3,(H,23,27). The lowest BCUT2D eigenvalue weighted by atomic mass is 9.86. The fourth-order valence-corrected chi connectivity index (χ4v) is 3.45. The molecular formula is C22H27NO7. The molecule has 0 aliphatic carbocycles. The van der Waals surface area contributed by atoms with Crippen molar-refractivity contribution in [1.82, 2.24) is 5.32 Å². The van der Waals surface area contributed by atoms with E-state index in [1.54, 1.807) is 37.4 Å². The van der Waals surface area contributed by atoms with Gasteiger partial charge in [-0.2, -0.15) is 0 Å². The molecule has 30 heavy (non-hydrogen) atoms. The lowest BCUT2D eigenvalue weighted by Crippen LogP contribution is -2.66. The number of benzene rings is 2. The van der Waals surface area contributed by atoms with Crippen LogP contribution in [0.3, 0.4) is 0 Å². The molecule has 0 aromatic heterocycles. The van der Waals surface area contributed by atoms with Crippen molar-refractivity contribution in [3.05, 3.63) is 53.6 Å². The number of carbonyl (C=O) groups is 1. The predicted molar refractivity (Wildman–Crippen MR) is 109 cm³/mol. The summed E-state index contributed by atoms with van der Waals surface area (Å²) in [5, 5.41) is 42.9. The number of ether oxygens (including phenoxy) is 2. The molecule has 1 fully saturated rings. The number of amides is 1. The van der Waals surface area contributed by atoms with Crippen molar-refractivity contribution in [2.45, 2.75) is 44.1 Å². The van der Waals surface area contributed by atoms with Gasteiger partial charge < -0.3 is 35.2 Å². The van der Waals surface area contributed by atoms with Gasteiger partial charge in [0, 0.05) is 12.6 Å². The zero-order valence-electron chi connectivity index (χ0n) is 17.1. The maximum atomic E-state index is 11.9. The van der Waals surface area contributed by atoms with Gasteiger partial charge in [-0.05, 0) is 54.8 Å². The first-order chi connectivity index (χ1) is 14.2. The van der Waals surface area contributed by atoms with E-state index in [9.17, 15) is 25.2 Å². The highest BCUT2D eigenvalue weighted by molar-refractivity contribution is 5.95. The van der Waals surface area contributed by atoms with Crippen LogP contribution in [0.25, 0.3) is 11.1 Å². The fraction of sp³-hybridized carbons (Fsp3) is 0.409. The molecule has 5 atom stereocenters. The van der Waals surface area contributed by atoms with Crippen LogP contribution in [0.2, 0.25) is 0 Å². The van der Waals surface area contributed by atoms with E-state index >= 15 is 0 Å². The minimum atomic E-state index is -1.91. The molecule has 2 aromatic carbocycles. The Balaban J connectivity index is 1.83. The zero-order valence-corrected chi connectivity index (χ0v) is 17.1. The third kappa shape index (κ3) is 4.19. The largest absolute Gasteiger partial charge is 0.462 e. The first-order valence-electron chi connectivity index (χ1n) is 9.63. The van der Waals surface area contributed by atoms with E-state index in [4.69, 9.17) is 9.47 Å². The number of carbonyl (C=O) groups excluding carboxylic acids is 1. The van der Waals surface area contributed by atoms with Crippen LogP contribution in [0, 0.1) is 6.92 Å². The van der Waals surface area contributed by atoms with E-state index in [0.717, 1.165) is 16.7 Å². The van der Waals surface area contributed by atoms with Crippen molar-refractivity contribution in [2.75, 3.05) is 13.7 Å². The van der Waals surface area contributed by atoms with E-state index in [1.807, 2.05) is 19.1 Å². The summed E-state index contributed by atoms with van der Waals surface area (Å²) in [6.07, 6.45) is -5.37. The SMILES string of the molecule is CNC(=O)c1cccc(-c2ccc(OC3OC(CO)C(O)C(C)(O)C3O)c(C)c2)c1. The van der Waals surface area contributed by atoms with Gasteiger partial charge in [0.15, 0.2) is 0 Å². The third-order valence-corrected chi connectivity index (χ3v) is 5.40. The van der Waals surface area contributed by atoms with Gasteiger partial charge in [-0.25, -0.2) is 0 Å². The van der Waals surface area contributed by atoms with Crippen LogP contribution in [0.5, 0.6) is 5.75 Å². The Morgan fingerprint density at radius 3 is 2.50 bits per heavy atom. The van der Waals surface area contributed by atoms with Crippen molar-refractivity contribution in [3.63, 3.8) is 0 Å². The van der Waals surface area contributed by atoms with Crippen LogP contribution >= 0.6 is 0 Å². The van der Waals surface area contributed by atoms with Gasteiger partial charge in [0.1, 0.15) is 29.7 Å². The Bertz CT molecular complexity index is 914. The molecule has 3 rings (SSSR count). The van der Waals surface area contributed by atoms with Crippen molar-refractivity contribution < 1.29 is 34.7 Å². The molecule has 1 aliphatic heterocycles. The summed E-state index contributed by atoms with van der Waals surface area (Å²) in [5.41, 5.74) is 1.09. The van der Waals surface area contributed by atoms with Crippen LogP contribution in [0.15, 0.2) is 42.5 Å². The summed E-state index contributed by atoms with van der Waals surface area (Å²) >= 11 is 0. The minimum Gasteiger partial charge on any atom is -0.462 e. The summed E-state index contributed by atoms with van der Waals surface area (Å²) in [6, 6.07) is 12.6. The number of aliphatic hydroxyl groups excluding tert-OH is 3. The quantitative estimate of drug-likeness (QED) is 0.482. The zero-order chi connectivity index (χ0) is 22.1. The van der Waals surface area contributed by atoms with Gasteiger partial charge in [-0.1, -0.05) is 18.2 Å². The number of hydrogen-bond acceptors (Lipinski definition) is 7. The summed E-state index contributed by atoms with van der Waals surface area (Å²) < 4.78 is 11.2. The second-order valence-corrected chi connectivity index (χ2v) is 7.60. The highest BCUT2D eigenvalue weighted by atomic mass is 16.7. The Hall–Kier alpha value is -2.49. The molecule has 8 heteroatoms. The molecule has 0 bridgehead atoms. The van der Waals surface area contributed by atoms with Crippen LogP contribution < -0.4 is 10.1 Å². The summed E-state index contributed by atoms with van der Waals surface area (Å²) in [6.45, 7) is 2.54. The fourth-order valence-electron chi connectivity index (χ4n) is 3.45. The van der Waals surface area contributed by atoms with Gasteiger partial charge in [-0.3, -0.25) is 4.79 Å². The molecule has 1 saturated heterocycles. The summed E-state index contributed by atoms with van der Waals surface area (Å²) in [7, 11) is 1.57. The third-order valence-electron chi connectivity index (χ3n) is 5.40. The number of aryl methyl sites for hydroxylation is 1. The maximum absolute atomic E-state index is 11.9. The second kappa shape index (κ2) is 8.71. The van der Waals surface area contributed by atoms with Gasteiger partial charge in [0.2, 0.25) is 6.29 Å². The van der Waals surface area contributed by atoms with Gasteiger partial charge in [0.05, 0.1) is 6.61 Å². The van der Waals surface area contributed by atoms with E-state index in [0.29, 0.717) is 11.3 Å². The smallest absolute Gasteiger partial charge is 0.251 e. The molecule has 162 valence electrons. The molecule has 8 nitrogen and oxygen atoms in total. The molecule has 1 amide bonds. The van der Waals surface area contributed by atoms with Crippen molar-refractivity contribution >= 4 is 5.91 Å². The topological polar surface area (TPSA) is 128 Å². The van der Waals surface area contributed by atoms with E-state index in [1.165, 1.54) is 6.92 Å². The Kier molecular flexibility index (Phi) is 6.44. The molecule has 0 saturated carbocycles. The first-order valence-corrected chi connectivity index (χ1v) is 9.63. The highest BCUT2D eigenvalue weighted by Crippen LogP contribution is 2.33. The summed E-state index contributed by atoms with van der Waals surface area (Å²) in [4.78, 5) is 11.9. The molecule has 5 unspecified atom stereocenters. The molecule has 1 aliphatic rings. The lowest BCUT2D eigenvalue weighted by Gasteiger charge is -2.45. The number of hydrogen-bond donors (Lipinski definition) is 5. The number of aliphatic hydroxyl groups is 4. The Morgan fingerprint density at radius 2 is 1.87 bits per heavy atom.